The Balaban J connectivity index is 2.58. The van der Waals surface area contributed by atoms with Gasteiger partial charge in [-0.15, -0.1) is 0 Å². The van der Waals surface area contributed by atoms with Crippen molar-refractivity contribution in [2.45, 2.75) is 20.8 Å². The van der Waals surface area contributed by atoms with Gasteiger partial charge < -0.3 is 15.2 Å². The van der Waals surface area contributed by atoms with Crippen molar-refractivity contribution in [3.05, 3.63) is 41.2 Å². The molecule has 0 bridgehead atoms. The molecular weight excluding hydrogens is 298 g/mol. The number of anilines is 1. The van der Waals surface area contributed by atoms with Crippen LogP contribution in [0.3, 0.4) is 0 Å². The number of carbonyl (C=O) groups excluding carboxylic acids is 2. The van der Waals surface area contributed by atoms with E-state index < -0.39 is 11.9 Å². The highest BCUT2D eigenvalue weighted by atomic mass is 16.5. The number of nitrogens with zero attached hydrogens (tertiary/aromatic N) is 2. The predicted octanol–water partition coefficient (Wildman–Crippen LogP) is 2.12. The maximum absolute atomic E-state index is 12.2. The normalized spacial score (nSPS) is 10.4. The summed E-state index contributed by atoms with van der Waals surface area (Å²) in [5, 5.41) is 4.15. The number of nitrogens with two attached hydrogens (primary N) is 1. The number of ether oxygens (including phenoxy) is 2. The summed E-state index contributed by atoms with van der Waals surface area (Å²) in [5.74, 6) is -1.32. The van der Waals surface area contributed by atoms with Crippen molar-refractivity contribution >= 4 is 17.6 Å². The summed E-state index contributed by atoms with van der Waals surface area (Å²) < 4.78 is 11.2. The lowest BCUT2D eigenvalue weighted by Gasteiger charge is -2.07. The topological polar surface area (TPSA) is 96.4 Å². The molecule has 0 aliphatic heterocycles. The van der Waals surface area contributed by atoms with Crippen LogP contribution in [0.4, 0.5) is 5.69 Å². The molecule has 7 heteroatoms. The van der Waals surface area contributed by atoms with Crippen molar-refractivity contribution in [3.63, 3.8) is 0 Å². The van der Waals surface area contributed by atoms with Gasteiger partial charge in [0.1, 0.15) is 5.69 Å². The molecule has 1 heterocycles. The molecule has 2 rings (SSSR count). The van der Waals surface area contributed by atoms with Crippen LogP contribution in [0.15, 0.2) is 24.3 Å². The average molecular weight is 317 g/mol. The molecule has 0 aliphatic carbocycles. The lowest BCUT2D eigenvalue weighted by molar-refractivity contribution is 0.0510. The van der Waals surface area contributed by atoms with Gasteiger partial charge in [0, 0.05) is 0 Å². The van der Waals surface area contributed by atoms with Crippen LogP contribution in [0.5, 0.6) is 0 Å². The molecule has 0 saturated heterocycles. The van der Waals surface area contributed by atoms with Gasteiger partial charge in [-0.1, -0.05) is 17.7 Å². The van der Waals surface area contributed by atoms with E-state index in [-0.39, 0.29) is 30.3 Å². The average Bonchev–Trinajstić information content (AvgIpc) is 2.86. The minimum Gasteiger partial charge on any atom is -0.461 e. The molecule has 0 spiro atoms. The number of benzene rings is 1. The third-order valence-electron chi connectivity index (χ3n) is 3.14. The number of rotatable bonds is 5. The van der Waals surface area contributed by atoms with E-state index >= 15 is 0 Å². The second-order valence-electron chi connectivity index (χ2n) is 4.80. The van der Waals surface area contributed by atoms with Crippen LogP contribution in [0, 0.1) is 6.92 Å². The minimum absolute atomic E-state index is 0.0127. The van der Waals surface area contributed by atoms with Crippen molar-refractivity contribution in [1.82, 2.24) is 9.78 Å². The second kappa shape index (κ2) is 6.95. The van der Waals surface area contributed by atoms with E-state index in [1.807, 2.05) is 19.1 Å². The van der Waals surface area contributed by atoms with Crippen LogP contribution < -0.4 is 5.73 Å². The molecule has 7 nitrogen and oxygen atoms in total. The molecule has 23 heavy (non-hydrogen) atoms. The second-order valence-corrected chi connectivity index (χ2v) is 4.80. The van der Waals surface area contributed by atoms with Gasteiger partial charge >= 0.3 is 11.9 Å². The monoisotopic (exact) mass is 317 g/mol. The first-order chi connectivity index (χ1) is 11.0. The molecular formula is C16H19N3O4. The summed E-state index contributed by atoms with van der Waals surface area (Å²) in [6.07, 6.45) is 0. The number of nitrogen functional groups attached to an aromatic ring is 1. The standard InChI is InChI=1S/C16H19N3O4/c1-4-22-15(20)13-12(17)14(16(21)23-5-2)19(18-13)11-8-6-10(3)7-9-11/h6-9H,4-5,17H2,1-3H3. The molecule has 0 radical (unpaired) electrons. The molecule has 1 aromatic carbocycles. The van der Waals surface area contributed by atoms with Gasteiger partial charge in [0.25, 0.3) is 0 Å². The number of hydrogen-bond acceptors (Lipinski definition) is 6. The molecule has 0 atom stereocenters. The molecule has 0 aliphatic rings. The largest absolute Gasteiger partial charge is 0.461 e. The lowest BCUT2D eigenvalue weighted by atomic mass is 10.2. The van der Waals surface area contributed by atoms with Gasteiger partial charge in [-0.2, -0.15) is 5.10 Å². The SMILES string of the molecule is CCOC(=O)c1nn(-c2ccc(C)cc2)c(C(=O)OCC)c1N. The lowest BCUT2D eigenvalue weighted by Crippen LogP contribution is -2.13. The van der Waals surface area contributed by atoms with E-state index in [1.54, 1.807) is 26.0 Å². The van der Waals surface area contributed by atoms with Crippen molar-refractivity contribution in [1.29, 1.82) is 0 Å². The summed E-state index contributed by atoms with van der Waals surface area (Å²) in [6.45, 7) is 5.68. The fraction of sp³-hybridized carbons (Fsp3) is 0.312. The van der Waals surface area contributed by atoms with Crippen LogP contribution >= 0.6 is 0 Å². The molecule has 122 valence electrons. The van der Waals surface area contributed by atoms with E-state index in [0.29, 0.717) is 5.69 Å². The number of aromatic nitrogens is 2. The van der Waals surface area contributed by atoms with Crippen LogP contribution in [-0.4, -0.2) is 34.9 Å². The number of esters is 2. The summed E-state index contributed by atoms with van der Waals surface area (Å²) >= 11 is 0. The van der Waals surface area contributed by atoms with Gasteiger partial charge in [-0.25, -0.2) is 14.3 Å². The number of carbonyl (C=O) groups is 2. The third kappa shape index (κ3) is 3.33. The summed E-state index contributed by atoms with van der Waals surface area (Å²) in [6, 6.07) is 7.29. The quantitative estimate of drug-likeness (QED) is 0.848. The Morgan fingerprint density at radius 2 is 1.65 bits per heavy atom. The van der Waals surface area contributed by atoms with Gasteiger partial charge in [-0.3, -0.25) is 0 Å². The fourth-order valence-electron chi connectivity index (χ4n) is 2.05. The number of aryl methyl sites for hydroxylation is 1. The maximum atomic E-state index is 12.2. The molecule has 0 fully saturated rings. The number of hydrogen-bond donors (Lipinski definition) is 1. The van der Waals surface area contributed by atoms with Gasteiger partial charge in [0.15, 0.2) is 11.4 Å². The Morgan fingerprint density at radius 1 is 1.09 bits per heavy atom. The minimum atomic E-state index is -0.679. The zero-order chi connectivity index (χ0) is 17.0. The van der Waals surface area contributed by atoms with E-state index in [9.17, 15) is 9.59 Å². The van der Waals surface area contributed by atoms with Crippen molar-refractivity contribution in [2.24, 2.45) is 0 Å². The highest BCUT2D eigenvalue weighted by molar-refractivity contribution is 6.02. The molecule has 2 N–H and O–H groups in total. The maximum Gasteiger partial charge on any atom is 0.361 e. The Labute approximate surface area is 134 Å². The Morgan fingerprint density at radius 3 is 2.22 bits per heavy atom. The van der Waals surface area contributed by atoms with E-state index in [4.69, 9.17) is 15.2 Å². The van der Waals surface area contributed by atoms with Crippen LogP contribution in [0.2, 0.25) is 0 Å². The van der Waals surface area contributed by atoms with E-state index in [1.165, 1.54) is 4.68 Å². The van der Waals surface area contributed by atoms with E-state index in [2.05, 4.69) is 5.10 Å². The van der Waals surface area contributed by atoms with Gasteiger partial charge in [0.05, 0.1) is 18.9 Å². The first kappa shape index (κ1) is 16.5. The third-order valence-corrected chi connectivity index (χ3v) is 3.14. The van der Waals surface area contributed by atoms with Gasteiger partial charge in [0.2, 0.25) is 0 Å². The van der Waals surface area contributed by atoms with Crippen LogP contribution in [-0.2, 0) is 9.47 Å². The van der Waals surface area contributed by atoms with Crippen LogP contribution in [0.1, 0.15) is 40.4 Å². The highest BCUT2D eigenvalue weighted by Gasteiger charge is 2.27. The fourth-order valence-corrected chi connectivity index (χ4v) is 2.05. The Bertz CT molecular complexity index is 720. The highest BCUT2D eigenvalue weighted by Crippen LogP contribution is 2.23. The first-order valence-corrected chi connectivity index (χ1v) is 7.29. The summed E-state index contributed by atoms with van der Waals surface area (Å²) in [7, 11) is 0. The molecule has 0 unspecified atom stereocenters. The van der Waals surface area contributed by atoms with Crippen molar-refractivity contribution in [3.8, 4) is 5.69 Å². The Kier molecular flexibility index (Phi) is 5.00. The smallest absolute Gasteiger partial charge is 0.361 e. The van der Waals surface area contributed by atoms with Crippen molar-refractivity contribution < 1.29 is 19.1 Å². The zero-order valence-corrected chi connectivity index (χ0v) is 13.3. The molecule has 0 amide bonds. The Hall–Kier alpha value is -2.83. The zero-order valence-electron chi connectivity index (χ0n) is 13.3. The molecule has 1 aromatic heterocycles. The van der Waals surface area contributed by atoms with Gasteiger partial charge in [-0.05, 0) is 32.9 Å². The molecule has 0 saturated carbocycles. The van der Waals surface area contributed by atoms with Crippen LogP contribution in [0.25, 0.3) is 5.69 Å². The van der Waals surface area contributed by atoms with E-state index in [0.717, 1.165) is 5.56 Å². The summed E-state index contributed by atoms with van der Waals surface area (Å²) in [5.41, 5.74) is 7.46. The molecule has 2 aromatic rings. The first-order valence-electron chi connectivity index (χ1n) is 7.29. The predicted molar refractivity (Wildman–Crippen MR) is 84.6 cm³/mol. The van der Waals surface area contributed by atoms with Crippen molar-refractivity contribution in [2.75, 3.05) is 18.9 Å². The summed E-state index contributed by atoms with van der Waals surface area (Å²) in [4.78, 5) is 24.2.